The first-order valence-electron chi connectivity index (χ1n) is 11.9. The van der Waals surface area contributed by atoms with Crippen LogP contribution in [-0.4, -0.2) is 28.6 Å². The van der Waals surface area contributed by atoms with Crippen LogP contribution in [-0.2, 0) is 14.3 Å². The number of esters is 1. The second kappa shape index (κ2) is 12.2. The summed E-state index contributed by atoms with van der Waals surface area (Å²) in [6, 6.07) is 14.8. The number of rotatable bonds is 4. The second-order valence-corrected chi connectivity index (χ2v) is 8.82. The average Bonchev–Trinajstić information content (AvgIpc) is 2.82. The van der Waals surface area contributed by atoms with E-state index in [1.807, 2.05) is 31.2 Å². The van der Waals surface area contributed by atoms with E-state index < -0.39 is 0 Å². The molecule has 5 nitrogen and oxygen atoms in total. The Bertz CT molecular complexity index is 923. The van der Waals surface area contributed by atoms with Crippen molar-refractivity contribution in [1.82, 2.24) is 0 Å². The minimum Gasteiger partial charge on any atom is -0.508 e. The largest absolute Gasteiger partial charge is 0.508 e. The quantitative estimate of drug-likeness (QED) is 0.431. The summed E-state index contributed by atoms with van der Waals surface area (Å²) in [4.78, 5) is 22.4. The lowest BCUT2D eigenvalue weighted by Gasteiger charge is -2.24. The van der Waals surface area contributed by atoms with Crippen LogP contribution in [0, 0.1) is 0 Å². The van der Waals surface area contributed by atoms with Gasteiger partial charge in [-0.05, 0) is 92.7 Å². The number of Topliss-reactive ketones (excluding diaryl/α,β-unsaturated/α-hetero) is 1. The number of carbonyl (C=O) groups excluding carboxylic acids is 2. The monoisotopic (exact) mass is 450 g/mol. The summed E-state index contributed by atoms with van der Waals surface area (Å²) in [6.07, 6.45) is 9.00. The van der Waals surface area contributed by atoms with Crippen molar-refractivity contribution >= 4 is 11.8 Å². The number of ketones is 1. The molecular formula is C28H34O5. The molecule has 0 aromatic heterocycles. The Hall–Kier alpha value is -3.08. The molecule has 0 amide bonds. The predicted molar refractivity (Wildman–Crippen MR) is 128 cm³/mol. The van der Waals surface area contributed by atoms with Crippen LogP contribution >= 0.6 is 0 Å². The molecule has 0 spiro atoms. The fourth-order valence-corrected chi connectivity index (χ4v) is 4.58. The van der Waals surface area contributed by atoms with Gasteiger partial charge >= 0.3 is 5.97 Å². The van der Waals surface area contributed by atoms with E-state index in [4.69, 9.17) is 9.84 Å². The van der Waals surface area contributed by atoms with Crippen molar-refractivity contribution in [3.8, 4) is 11.5 Å². The summed E-state index contributed by atoms with van der Waals surface area (Å²) in [5.41, 5.74) is 3.71. The number of aromatic hydroxyl groups is 2. The smallest absolute Gasteiger partial charge is 0.330 e. The molecule has 2 aromatic carbocycles. The maximum atomic E-state index is 11.4. The molecule has 4 rings (SSSR count). The zero-order chi connectivity index (χ0) is 23.6. The van der Waals surface area contributed by atoms with E-state index in [1.54, 1.807) is 30.3 Å². The maximum absolute atomic E-state index is 11.4. The van der Waals surface area contributed by atoms with E-state index in [1.165, 1.54) is 16.7 Å². The number of phenols is 2. The van der Waals surface area contributed by atoms with Gasteiger partial charge in [-0.2, -0.15) is 0 Å². The molecule has 0 radical (unpaired) electrons. The molecule has 0 heterocycles. The van der Waals surface area contributed by atoms with Crippen molar-refractivity contribution in [1.29, 1.82) is 0 Å². The van der Waals surface area contributed by atoms with Crippen molar-refractivity contribution in [3.05, 3.63) is 71.3 Å². The average molecular weight is 451 g/mol. The van der Waals surface area contributed by atoms with Gasteiger partial charge in [-0.15, -0.1) is 0 Å². The van der Waals surface area contributed by atoms with Crippen LogP contribution in [0.2, 0.25) is 0 Å². The van der Waals surface area contributed by atoms with Crippen molar-refractivity contribution in [2.45, 2.75) is 70.1 Å². The Kier molecular flexibility index (Phi) is 9.11. The molecule has 176 valence electrons. The van der Waals surface area contributed by atoms with Gasteiger partial charge in [-0.1, -0.05) is 29.8 Å². The number of hydrogen-bond acceptors (Lipinski definition) is 5. The van der Waals surface area contributed by atoms with Gasteiger partial charge in [0.05, 0.1) is 6.61 Å². The zero-order valence-electron chi connectivity index (χ0n) is 19.3. The molecule has 33 heavy (non-hydrogen) atoms. The third-order valence-corrected chi connectivity index (χ3v) is 6.51. The number of ether oxygens (including phenoxy) is 1. The fraction of sp³-hybridized carbons (Fsp3) is 0.429. The molecule has 2 aliphatic carbocycles. The molecule has 5 heteroatoms. The molecule has 0 bridgehead atoms. The Balaban J connectivity index is 0.000000194. The Morgan fingerprint density at radius 1 is 0.818 bits per heavy atom. The van der Waals surface area contributed by atoms with Crippen molar-refractivity contribution in [3.63, 3.8) is 0 Å². The van der Waals surface area contributed by atoms with Gasteiger partial charge in [-0.25, -0.2) is 4.79 Å². The molecule has 2 fully saturated rings. The highest BCUT2D eigenvalue weighted by Crippen LogP contribution is 2.36. The summed E-state index contributed by atoms with van der Waals surface area (Å²) in [7, 11) is 0. The lowest BCUT2D eigenvalue weighted by molar-refractivity contribution is -0.137. The minimum absolute atomic E-state index is 0.222. The maximum Gasteiger partial charge on any atom is 0.330 e. The van der Waals surface area contributed by atoms with Crippen LogP contribution in [0.3, 0.4) is 0 Å². The number of allylic oxidation sites excluding steroid dienone is 1. The highest BCUT2D eigenvalue weighted by molar-refractivity contribution is 5.82. The highest BCUT2D eigenvalue weighted by atomic mass is 16.5. The Labute approximate surface area is 196 Å². The van der Waals surface area contributed by atoms with E-state index in [-0.39, 0.29) is 5.97 Å². The van der Waals surface area contributed by atoms with E-state index >= 15 is 0 Å². The van der Waals surface area contributed by atoms with E-state index in [2.05, 4.69) is 0 Å². The molecule has 2 saturated carbocycles. The molecule has 0 aliphatic heterocycles. The van der Waals surface area contributed by atoms with Crippen molar-refractivity contribution < 1.29 is 24.5 Å². The summed E-state index contributed by atoms with van der Waals surface area (Å²) in [5, 5.41) is 18.4. The van der Waals surface area contributed by atoms with Crippen molar-refractivity contribution in [2.75, 3.05) is 6.61 Å². The molecular weight excluding hydrogens is 416 g/mol. The summed E-state index contributed by atoms with van der Waals surface area (Å²) in [5.74, 6) is 1.82. The molecule has 2 aromatic rings. The first-order chi connectivity index (χ1) is 15.9. The van der Waals surface area contributed by atoms with Gasteiger partial charge in [0.25, 0.3) is 0 Å². The number of carbonyl (C=O) groups is 2. The second-order valence-electron chi connectivity index (χ2n) is 8.82. The lowest BCUT2D eigenvalue weighted by atomic mass is 9.81. The number of hydrogen-bond donors (Lipinski definition) is 2. The standard InChI is InChI=1S/C16H20O3.C12H14O2/c1-2-19-16(18)11-12-3-5-13(6-4-12)14-7-9-15(17)10-8-14;13-11-5-1-9(2-6-11)10-3-7-12(14)8-4-10/h7-11,13,17H,2-6H2,1H3;1-2,5-6,10,13H,3-4,7-8H2. The molecule has 0 atom stereocenters. The molecule has 2 N–H and O–H groups in total. The van der Waals surface area contributed by atoms with Crippen LogP contribution in [0.5, 0.6) is 11.5 Å². The normalized spacial score (nSPS) is 18.8. The van der Waals surface area contributed by atoms with Gasteiger partial charge < -0.3 is 14.9 Å². The first-order valence-corrected chi connectivity index (χ1v) is 11.9. The van der Waals surface area contributed by atoms with E-state index in [9.17, 15) is 14.7 Å². The van der Waals surface area contributed by atoms with E-state index in [0.29, 0.717) is 48.6 Å². The van der Waals surface area contributed by atoms with Gasteiger partial charge in [0.15, 0.2) is 0 Å². The minimum atomic E-state index is -0.222. The summed E-state index contributed by atoms with van der Waals surface area (Å²) >= 11 is 0. The SMILES string of the molecule is CCOC(=O)C=C1CCC(c2ccc(O)cc2)CC1.O=C1CCC(c2ccc(O)cc2)CC1. The van der Waals surface area contributed by atoms with Crippen LogP contribution in [0.25, 0.3) is 0 Å². The number of benzene rings is 2. The molecule has 0 unspecified atom stereocenters. The molecule has 2 aliphatic rings. The summed E-state index contributed by atoms with van der Waals surface area (Å²) < 4.78 is 4.93. The fourth-order valence-electron chi connectivity index (χ4n) is 4.58. The van der Waals surface area contributed by atoms with Crippen LogP contribution in [0.4, 0.5) is 0 Å². The zero-order valence-corrected chi connectivity index (χ0v) is 19.3. The van der Waals surface area contributed by atoms with Gasteiger partial charge in [0.2, 0.25) is 0 Å². The predicted octanol–water partition coefficient (Wildman–Crippen LogP) is 6.16. The number of phenolic OH excluding ortho intramolecular Hbond substituents is 2. The van der Waals surface area contributed by atoms with Crippen LogP contribution in [0.15, 0.2) is 60.2 Å². The van der Waals surface area contributed by atoms with Crippen LogP contribution < -0.4 is 0 Å². The van der Waals surface area contributed by atoms with Crippen molar-refractivity contribution in [2.24, 2.45) is 0 Å². The first kappa shape index (κ1) is 24.6. The summed E-state index contributed by atoms with van der Waals surface area (Å²) in [6.45, 7) is 2.25. The topological polar surface area (TPSA) is 83.8 Å². The van der Waals surface area contributed by atoms with Gasteiger partial charge in [0, 0.05) is 18.9 Å². The third kappa shape index (κ3) is 7.77. The van der Waals surface area contributed by atoms with Gasteiger partial charge in [-0.3, -0.25) is 4.79 Å². The van der Waals surface area contributed by atoms with Crippen LogP contribution in [0.1, 0.15) is 81.3 Å². The molecule has 0 saturated heterocycles. The highest BCUT2D eigenvalue weighted by Gasteiger charge is 2.20. The Morgan fingerprint density at radius 2 is 1.24 bits per heavy atom. The van der Waals surface area contributed by atoms with E-state index in [0.717, 1.165) is 38.5 Å². The lowest BCUT2D eigenvalue weighted by Crippen LogP contribution is -2.12. The Morgan fingerprint density at radius 3 is 1.67 bits per heavy atom. The third-order valence-electron chi connectivity index (χ3n) is 6.51. The van der Waals surface area contributed by atoms with Gasteiger partial charge in [0.1, 0.15) is 17.3 Å².